The highest BCUT2D eigenvalue weighted by Crippen LogP contribution is 2.42. The maximum atomic E-state index is 6.00. The standard InChI is InChI=1S/C9H3Cl4N/c10-6-4-1-2-14-3-5(4)7(11)9(13)8(6)12/h1-3H. The first-order chi connectivity index (χ1) is 6.63. The van der Waals surface area contributed by atoms with E-state index in [1.807, 2.05) is 0 Å². The van der Waals surface area contributed by atoms with Crippen molar-refractivity contribution >= 4 is 57.2 Å². The topological polar surface area (TPSA) is 12.9 Å². The van der Waals surface area contributed by atoms with Gasteiger partial charge < -0.3 is 0 Å². The van der Waals surface area contributed by atoms with Crippen LogP contribution in [0.25, 0.3) is 10.8 Å². The summed E-state index contributed by atoms with van der Waals surface area (Å²) >= 11 is 23.8. The zero-order chi connectivity index (χ0) is 10.3. The van der Waals surface area contributed by atoms with Gasteiger partial charge in [0, 0.05) is 23.2 Å². The number of aromatic nitrogens is 1. The number of halogens is 4. The number of rotatable bonds is 0. The Morgan fingerprint density at radius 2 is 1.36 bits per heavy atom. The average Bonchev–Trinajstić information content (AvgIpc) is 2.23. The Morgan fingerprint density at radius 1 is 0.786 bits per heavy atom. The molecule has 0 amide bonds. The van der Waals surface area contributed by atoms with E-state index < -0.39 is 0 Å². The molecule has 0 fully saturated rings. The van der Waals surface area contributed by atoms with Gasteiger partial charge in [0.25, 0.3) is 0 Å². The van der Waals surface area contributed by atoms with Crippen LogP contribution in [0.4, 0.5) is 0 Å². The Morgan fingerprint density at radius 3 is 2.00 bits per heavy atom. The SMILES string of the molecule is Clc1c(Cl)c(Cl)c2cnccc2c1Cl. The van der Waals surface area contributed by atoms with Crippen molar-refractivity contribution in [2.24, 2.45) is 0 Å². The third-order valence-electron chi connectivity index (χ3n) is 1.87. The van der Waals surface area contributed by atoms with E-state index in [1.54, 1.807) is 18.5 Å². The van der Waals surface area contributed by atoms with Crippen LogP contribution < -0.4 is 0 Å². The van der Waals surface area contributed by atoms with Crippen molar-refractivity contribution in [3.63, 3.8) is 0 Å². The van der Waals surface area contributed by atoms with Gasteiger partial charge in [0.15, 0.2) is 0 Å². The van der Waals surface area contributed by atoms with Gasteiger partial charge >= 0.3 is 0 Å². The molecule has 0 aliphatic heterocycles. The molecule has 1 aromatic carbocycles. The third kappa shape index (κ3) is 1.45. The van der Waals surface area contributed by atoms with Gasteiger partial charge in [0.1, 0.15) is 0 Å². The number of hydrogen-bond donors (Lipinski definition) is 0. The predicted octanol–water partition coefficient (Wildman–Crippen LogP) is 4.85. The zero-order valence-corrected chi connectivity index (χ0v) is 9.71. The predicted molar refractivity (Wildman–Crippen MR) is 61.8 cm³/mol. The molecular weight excluding hydrogens is 264 g/mol. The molecule has 72 valence electrons. The summed E-state index contributed by atoms with van der Waals surface area (Å²) in [5.74, 6) is 0. The van der Waals surface area contributed by atoms with Gasteiger partial charge in [-0.15, -0.1) is 0 Å². The Hall–Kier alpha value is -0.210. The summed E-state index contributed by atoms with van der Waals surface area (Å²) in [5.41, 5.74) is 0. The summed E-state index contributed by atoms with van der Waals surface area (Å²) in [7, 11) is 0. The molecule has 0 N–H and O–H groups in total. The molecule has 0 radical (unpaired) electrons. The Kier molecular flexibility index (Phi) is 2.76. The quantitative estimate of drug-likeness (QED) is 0.491. The van der Waals surface area contributed by atoms with Gasteiger partial charge in [-0.3, -0.25) is 4.98 Å². The van der Waals surface area contributed by atoms with E-state index in [-0.39, 0.29) is 10.0 Å². The summed E-state index contributed by atoms with van der Waals surface area (Å²) in [4.78, 5) is 3.94. The van der Waals surface area contributed by atoms with Crippen molar-refractivity contribution in [2.75, 3.05) is 0 Å². The van der Waals surface area contributed by atoms with Gasteiger partial charge in [0.2, 0.25) is 0 Å². The van der Waals surface area contributed by atoms with Crippen LogP contribution in [0.15, 0.2) is 18.5 Å². The smallest absolute Gasteiger partial charge is 0.0800 e. The molecule has 0 bridgehead atoms. The molecule has 1 aromatic heterocycles. The minimum Gasteiger partial charge on any atom is -0.264 e. The van der Waals surface area contributed by atoms with E-state index in [0.717, 1.165) is 5.39 Å². The van der Waals surface area contributed by atoms with E-state index in [1.165, 1.54) is 0 Å². The Balaban J connectivity index is 3.02. The summed E-state index contributed by atoms with van der Waals surface area (Å²) in [6.07, 6.45) is 3.22. The number of fused-ring (bicyclic) bond motifs is 1. The molecule has 0 unspecified atom stereocenters. The molecule has 0 spiro atoms. The second kappa shape index (κ2) is 3.74. The summed E-state index contributed by atoms with van der Waals surface area (Å²) in [6.45, 7) is 0. The lowest BCUT2D eigenvalue weighted by atomic mass is 10.2. The fourth-order valence-electron chi connectivity index (χ4n) is 1.19. The van der Waals surface area contributed by atoms with Gasteiger partial charge in [0.05, 0.1) is 20.1 Å². The van der Waals surface area contributed by atoms with Crippen LogP contribution in [0, 0.1) is 0 Å². The van der Waals surface area contributed by atoms with E-state index in [9.17, 15) is 0 Å². The van der Waals surface area contributed by atoms with Gasteiger partial charge in [-0.1, -0.05) is 46.4 Å². The van der Waals surface area contributed by atoms with Gasteiger partial charge in [-0.05, 0) is 6.07 Å². The first-order valence-corrected chi connectivity index (χ1v) is 5.19. The second-order valence-corrected chi connectivity index (χ2v) is 4.19. The van der Waals surface area contributed by atoms with Crippen molar-refractivity contribution in [3.8, 4) is 0 Å². The van der Waals surface area contributed by atoms with Crippen molar-refractivity contribution in [1.29, 1.82) is 0 Å². The average molecular weight is 267 g/mol. The number of benzene rings is 1. The summed E-state index contributed by atoms with van der Waals surface area (Å²) in [6, 6.07) is 1.74. The van der Waals surface area contributed by atoms with Crippen molar-refractivity contribution in [3.05, 3.63) is 38.6 Å². The van der Waals surface area contributed by atoms with E-state index in [4.69, 9.17) is 46.4 Å². The monoisotopic (exact) mass is 265 g/mol. The molecule has 2 rings (SSSR count). The summed E-state index contributed by atoms with van der Waals surface area (Å²) < 4.78 is 0. The van der Waals surface area contributed by atoms with Crippen LogP contribution >= 0.6 is 46.4 Å². The second-order valence-electron chi connectivity index (χ2n) is 2.68. The number of pyridine rings is 1. The van der Waals surface area contributed by atoms with Crippen molar-refractivity contribution in [2.45, 2.75) is 0 Å². The van der Waals surface area contributed by atoms with E-state index in [2.05, 4.69) is 4.98 Å². The molecule has 0 saturated carbocycles. The lowest BCUT2D eigenvalue weighted by molar-refractivity contribution is 1.36. The molecule has 5 heteroatoms. The number of nitrogens with zero attached hydrogens (tertiary/aromatic N) is 1. The maximum absolute atomic E-state index is 6.00. The fraction of sp³-hybridized carbons (Fsp3) is 0. The molecule has 0 saturated heterocycles. The fourth-order valence-corrected chi connectivity index (χ4v) is 2.18. The van der Waals surface area contributed by atoms with Crippen LogP contribution in [0.1, 0.15) is 0 Å². The van der Waals surface area contributed by atoms with Crippen LogP contribution in [-0.4, -0.2) is 4.98 Å². The molecule has 2 aromatic rings. The lowest BCUT2D eigenvalue weighted by Crippen LogP contribution is -1.82. The molecule has 1 nitrogen and oxygen atoms in total. The minimum atomic E-state index is 0.263. The minimum absolute atomic E-state index is 0.263. The molecule has 0 atom stereocenters. The van der Waals surface area contributed by atoms with Crippen molar-refractivity contribution < 1.29 is 0 Å². The third-order valence-corrected chi connectivity index (χ3v) is 3.70. The van der Waals surface area contributed by atoms with Crippen LogP contribution in [0.3, 0.4) is 0 Å². The molecule has 0 aliphatic carbocycles. The van der Waals surface area contributed by atoms with E-state index >= 15 is 0 Å². The van der Waals surface area contributed by atoms with Crippen LogP contribution in [-0.2, 0) is 0 Å². The highest BCUT2D eigenvalue weighted by molar-refractivity contribution is 6.55. The van der Waals surface area contributed by atoms with Gasteiger partial charge in [-0.2, -0.15) is 0 Å². The normalized spacial score (nSPS) is 10.9. The van der Waals surface area contributed by atoms with Crippen LogP contribution in [0.2, 0.25) is 20.1 Å². The van der Waals surface area contributed by atoms with Crippen molar-refractivity contribution in [1.82, 2.24) is 4.98 Å². The maximum Gasteiger partial charge on any atom is 0.0800 e. The van der Waals surface area contributed by atoms with Gasteiger partial charge in [-0.25, -0.2) is 0 Å². The zero-order valence-electron chi connectivity index (χ0n) is 6.69. The van der Waals surface area contributed by atoms with E-state index in [0.29, 0.717) is 15.4 Å². The summed E-state index contributed by atoms with van der Waals surface area (Å²) in [5, 5.41) is 2.77. The highest BCUT2D eigenvalue weighted by atomic mass is 35.5. The number of hydrogen-bond acceptors (Lipinski definition) is 1. The molecule has 14 heavy (non-hydrogen) atoms. The molecule has 0 aliphatic rings. The largest absolute Gasteiger partial charge is 0.264 e. The molecule has 1 heterocycles. The first-order valence-electron chi connectivity index (χ1n) is 3.68. The molecular formula is C9H3Cl4N. The Bertz CT molecular complexity index is 463. The lowest BCUT2D eigenvalue weighted by Gasteiger charge is -2.06. The van der Waals surface area contributed by atoms with Crippen LogP contribution in [0.5, 0.6) is 0 Å². The Labute approximate surface area is 101 Å². The first kappa shape index (κ1) is 10.3. The highest BCUT2D eigenvalue weighted by Gasteiger charge is 2.13.